The number of rotatable bonds is 7. The lowest BCUT2D eigenvalue weighted by Crippen LogP contribution is -2.43. The minimum Gasteiger partial charge on any atom is -0.383 e. The maximum Gasteiger partial charge on any atom is 0.191 e. The zero-order valence-corrected chi connectivity index (χ0v) is 17.5. The molecule has 142 valence electrons. The van der Waals surface area contributed by atoms with E-state index in [0.717, 1.165) is 44.3 Å². The first-order valence-electron chi connectivity index (χ1n) is 8.61. The highest BCUT2D eigenvalue weighted by atomic mass is 127. The van der Waals surface area contributed by atoms with E-state index in [1.54, 1.807) is 20.2 Å². The molecule has 0 radical (unpaired) electrons. The molecule has 25 heavy (non-hydrogen) atoms. The van der Waals surface area contributed by atoms with Crippen molar-refractivity contribution < 1.29 is 9.13 Å². The fraction of sp³-hybridized carbons (Fsp3) is 0.611. The van der Waals surface area contributed by atoms with E-state index in [9.17, 15) is 4.39 Å². The van der Waals surface area contributed by atoms with Gasteiger partial charge in [-0.25, -0.2) is 4.39 Å². The molecule has 1 aliphatic rings. The Morgan fingerprint density at radius 1 is 1.32 bits per heavy atom. The first kappa shape index (κ1) is 22.1. The zero-order valence-electron chi connectivity index (χ0n) is 15.1. The van der Waals surface area contributed by atoms with Crippen LogP contribution in [-0.2, 0) is 11.3 Å². The van der Waals surface area contributed by atoms with Crippen LogP contribution in [0.3, 0.4) is 0 Å². The molecule has 0 unspecified atom stereocenters. The topological polar surface area (TPSA) is 48.9 Å². The van der Waals surface area contributed by atoms with Crippen LogP contribution >= 0.6 is 24.0 Å². The second-order valence-electron chi connectivity index (χ2n) is 6.21. The van der Waals surface area contributed by atoms with E-state index in [1.807, 2.05) is 6.07 Å². The van der Waals surface area contributed by atoms with Gasteiger partial charge in [0.05, 0.1) is 6.61 Å². The molecule has 0 atom stereocenters. The third-order valence-electron chi connectivity index (χ3n) is 4.45. The summed E-state index contributed by atoms with van der Waals surface area (Å²) >= 11 is 0. The molecule has 1 fully saturated rings. The summed E-state index contributed by atoms with van der Waals surface area (Å²) in [5.74, 6) is 1.22. The number of ether oxygens (including phenoxy) is 1. The predicted octanol–water partition coefficient (Wildman–Crippen LogP) is 2.47. The molecule has 0 spiro atoms. The van der Waals surface area contributed by atoms with E-state index in [4.69, 9.17) is 4.74 Å². The number of aliphatic imine (C=N–C) groups is 1. The van der Waals surface area contributed by atoms with Gasteiger partial charge in [0, 0.05) is 33.8 Å². The zero-order chi connectivity index (χ0) is 17.2. The Balaban J connectivity index is 0.00000312. The van der Waals surface area contributed by atoms with Crippen molar-refractivity contribution in [1.29, 1.82) is 0 Å². The molecule has 0 aliphatic carbocycles. The number of likely N-dealkylation sites (tertiary alicyclic amines) is 1. The second-order valence-corrected chi connectivity index (χ2v) is 6.21. The molecule has 1 saturated heterocycles. The normalized spacial score (nSPS) is 16.4. The number of nitrogens with one attached hydrogen (secondary N) is 2. The maximum absolute atomic E-state index is 13.2. The Kier molecular flexibility index (Phi) is 11.0. The average molecular weight is 464 g/mol. The molecule has 1 aromatic rings. The number of halogens is 2. The fourth-order valence-corrected chi connectivity index (χ4v) is 2.93. The summed E-state index contributed by atoms with van der Waals surface area (Å²) in [6.07, 6.45) is 2.38. The number of hydrogen-bond acceptors (Lipinski definition) is 3. The van der Waals surface area contributed by atoms with E-state index < -0.39 is 0 Å². The molecular weight excluding hydrogens is 434 g/mol. The summed E-state index contributed by atoms with van der Waals surface area (Å²) in [6, 6.07) is 6.62. The van der Waals surface area contributed by atoms with Crippen LogP contribution in [0.25, 0.3) is 0 Å². The Hall–Kier alpha value is -0.930. The van der Waals surface area contributed by atoms with E-state index in [1.165, 1.54) is 25.0 Å². The molecule has 0 saturated carbocycles. The minimum atomic E-state index is -0.211. The molecule has 7 heteroatoms. The van der Waals surface area contributed by atoms with Crippen LogP contribution in [-0.4, -0.2) is 57.8 Å². The molecule has 1 aliphatic heterocycles. The number of guanidine groups is 1. The number of piperidine rings is 1. The molecule has 0 amide bonds. The van der Waals surface area contributed by atoms with Gasteiger partial charge in [-0.1, -0.05) is 12.1 Å². The maximum atomic E-state index is 13.2. The van der Waals surface area contributed by atoms with Crippen molar-refractivity contribution in [3.8, 4) is 0 Å². The van der Waals surface area contributed by atoms with Crippen LogP contribution in [0.5, 0.6) is 0 Å². The first-order chi connectivity index (χ1) is 11.7. The van der Waals surface area contributed by atoms with Crippen molar-refractivity contribution in [2.24, 2.45) is 10.9 Å². The molecule has 2 rings (SSSR count). The number of hydrogen-bond donors (Lipinski definition) is 2. The number of benzene rings is 1. The van der Waals surface area contributed by atoms with Crippen molar-refractivity contribution in [2.75, 3.05) is 46.9 Å². The van der Waals surface area contributed by atoms with E-state index in [-0.39, 0.29) is 29.8 Å². The van der Waals surface area contributed by atoms with Crippen molar-refractivity contribution in [2.45, 2.75) is 19.4 Å². The van der Waals surface area contributed by atoms with Crippen molar-refractivity contribution in [3.63, 3.8) is 0 Å². The Morgan fingerprint density at radius 3 is 2.72 bits per heavy atom. The lowest BCUT2D eigenvalue weighted by Gasteiger charge is -2.32. The quantitative estimate of drug-likeness (QED) is 0.370. The smallest absolute Gasteiger partial charge is 0.191 e. The van der Waals surface area contributed by atoms with Gasteiger partial charge in [0.15, 0.2) is 5.96 Å². The Bertz CT molecular complexity index is 522. The highest BCUT2D eigenvalue weighted by Gasteiger charge is 2.18. The van der Waals surface area contributed by atoms with Crippen molar-refractivity contribution >= 4 is 29.9 Å². The number of nitrogens with zero attached hydrogens (tertiary/aromatic N) is 2. The first-order valence-corrected chi connectivity index (χ1v) is 8.61. The lowest BCUT2D eigenvalue weighted by molar-refractivity contribution is 0.121. The molecule has 0 aromatic heterocycles. The third kappa shape index (κ3) is 8.33. The predicted molar refractivity (Wildman–Crippen MR) is 111 cm³/mol. The second kappa shape index (κ2) is 12.4. The van der Waals surface area contributed by atoms with Crippen molar-refractivity contribution in [1.82, 2.24) is 15.5 Å². The summed E-state index contributed by atoms with van der Waals surface area (Å²) in [5, 5.41) is 6.62. The molecular formula is C18H30FIN4O. The van der Waals surface area contributed by atoms with Crippen LogP contribution in [0.15, 0.2) is 29.3 Å². The lowest BCUT2D eigenvalue weighted by atomic mass is 9.97. The average Bonchev–Trinajstić information content (AvgIpc) is 2.61. The van der Waals surface area contributed by atoms with Gasteiger partial charge in [-0.15, -0.1) is 24.0 Å². The molecule has 2 N–H and O–H groups in total. The van der Waals surface area contributed by atoms with Gasteiger partial charge >= 0.3 is 0 Å². The summed E-state index contributed by atoms with van der Waals surface area (Å²) in [7, 11) is 3.51. The Labute approximate surface area is 167 Å². The van der Waals surface area contributed by atoms with Crippen LogP contribution in [0.4, 0.5) is 4.39 Å². The van der Waals surface area contributed by atoms with Gasteiger partial charge in [-0.3, -0.25) is 4.99 Å². The summed E-state index contributed by atoms with van der Waals surface area (Å²) in [4.78, 5) is 6.69. The van der Waals surface area contributed by atoms with Gasteiger partial charge in [-0.2, -0.15) is 0 Å². The Morgan fingerprint density at radius 2 is 2.08 bits per heavy atom. The van der Waals surface area contributed by atoms with Gasteiger partial charge in [0.2, 0.25) is 0 Å². The van der Waals surface area contributed by atoms with Crippen LogP contribution < -0.4 is 10.6 Å². The number of methoxy groups -OCH3 is 1. The fourth-order valence-electron chi connectivity index (χ4n) is 2.93. The van der Waals surface area contributed by atoms with Gasteiger partial charge in [0.25, 0.3) is 0 Å². The van der Waals surface area contributed by atoms with Crippen LogP contribution in [0.1, 0.15) is 18.4 Å². The largest absolute Gasteiger partial charge is 0.383 e. The third-order valence-corrected chi connectivity index (χ3v) is 4.45. The van der Waals surface area contributed by atoms with E-state index >= 15 is 0 Å². The minimum absolute atomic E-state index is 0. The summed E-state index contributed by atoms with van der Waals surface area (Å²) in [6.45, 7) is 5.57. The molecule has 1 heterocycles. The SMILES string of the molecule is CN=C(NCc1cccc(F)c1)NCC1CCN(CCOC)CC1.I. The summed E-state index contributed by atoms with van der Waals surface area (Å²) < 4.78 is 18.3. The van der Waals surface area contributed by atoms with Crippen LogP contribution in [0, 0.1) is 11.7 Å². The van der Waals surface area contributed by atoms with E-state index in [2.05, 4.69) is 20.5 Å². The standard InChI is InChI=1S/C18H29FN4O.HI/c1-20-18(22-14-16-4-3-5-17(19)12-16)21-13-15-6-8-23(9-7-15)10-11-24-2;/h3-5,12,15H,6-11,13-14H2,1-2H3,(H2,20,21,22);1H. The van der Waals surface area contributed by atoms with E-state index in [0.29, 0.717) is 12.5 Å². The molecule has 0 bridgehead atoms. The van der Waals surface area contributed by atoms with Gasteiger partial charge in [-0.05, 0) is 49.5 Å². The molecule has 5 nitrogen and oxygen atoms in total. The summed E-state index contributed by atoms with van der Waals surface area (Å²) in [5.41, 5.74) is 0.907. The van der Waals surface area contributed by atoms with Crippen molar-refractivity contribution in [3.05, 3.63) is 35.6 Å². The van der Waals surface area contributed by atoms with Gasteiger partial charge in [0.1, 0.15) is 5.82 Å². The van der Waals surface area contributed by atoms with Crippen LogP contribution in [0.2, 0.25) is 0 Å². The highest BCUT2D eigenvalue weighted by molar-refractivity contribution is 14.0. The van der Waals surface area contributed by atoms with Gasteiger partial charge < -0.3 is 20.3 Å². The molecule has 1 aromatic carbocycles. The monoisotopic (exact) mass is 464 g/mol. The highest BCUT2D eigenvalue weighted by Crippen LogP contribution is 2.15.